The predicted molar refractivity (Wildman–Crippen MR) is 98.2 cm³/mol. The first-order valence-electron chi connectivity index (χ1n) is 8.17. The maximum atomic E-state index is 10.0. The number of unbranched alkanes of at least 4 members (excludes halogenated alkanes) is 4. The molecule has 22 heavy (non-hydrogen) atoms. The molecule has 0 aliphatic carbocycles. The van der Waals surface area contributed by atoms with E-state index < -0.39 is 4.33 Å². The third-order valence-electron chi connectivity index (χ3n) is 3.83. The Morgan fingerprint density at radius 2 is 1.55 bits per heavy atom. The fourth-order valence-electron chi connectivity index (χ4n) is 2.47. The molecule has 126 valence electrons. The van der Waals surface area contributed by atoms with Crippen molar-refractivity contribution < 1.29 is 5.11 Å². The van der Waals surface area contributed by atoms with Crippen molar-refractivity contribution in [1.29, 1.82) is 0 Å². The van der Waals surface area contributed by atoms with Gasteiger partial charge < -0.3 is 5.11 Å². The van der Waals surface area contributed by atoms with Crippen LogP contribution in [-0.4, -0.2) is 15.5 Å². The highest BCUT2D eigenvalue weighted by atomic mass is 35.5. The molecule has 0 aliphatic rings. The first kappa shape index (κ1) is 20.1. The molecule has 0 saturated heterocycles. The Morgan fingerprint density at radius 3 is 2.18 bits per heavy atom. The summed E-state index contributed by atoms with van der Waals surface area (Å²) in [5.74, 6) is 0. The lowest BCUT2D eigenvalue weighted by Crippen LogP contribution is -2.08. The molecule has 0 fully saturated rings. The summed E-state index contributed by atoms with van der Waals surface area (Å²) < 4.78 is -0.585. The summed E-state index contributed by atoms with van der Waals surface area (Å²) in [5.41, 5.74) is 1.23. The molecule has 0 saturated carbocycles. The van der Waals surface area contributed by atoms with Crippen LogP contribution in [0.15, 0.2) is 24.3 Å². The maximum Gasteiger partial charge on any atom is 0.115 e. The van der Waals surface area contributed by atoms with Crippen molar-refractivity contribution in [2.24, 2.45) is 0 Å². The summed E-state index contributed by atoms with van der Waals surface area (Å²) >= 11 is 17.7. The van der Waals surface area contributed by atoms with Gasteiger partial charge in [0.1, 0.15) is 4.33 Å². The second-order valence-electron chi connectivity index (χ2n) is 6.20. The summed E-state index contributed by atoms with van der Waals surface area (Å²) in [6, 6.07) is 7.85. The van der Waals surface area contributed by atoms with Crippen molar-refractivity contribution in [2.75, 3.05) is 0 Å². The zero-order chi connectivity index (χ0) is 16.4. The van der Waals surface area contributed by atoms with Crippen LogP contribution < -0.4 is 0 Å². The number of rotatable bonds is 11. The van der Waals surface area contributed by atoms with Gasteiger partial charge in [0.25, 0.3) is 0 Å². The average Bonchev–Trinajstić information content (AvgIpc) is 2.44. The number of aliphatic hydroxyl groups excluding tert-OH is 1. The van der Waals surface area contributed by atoms with Gasteiger partial charge in [-0.05, 0) is 50.3 Å². The molecule has 0 aliphatic heterocycles. The molecule has 1 aromatic carbocycles. The summed E-state index contributed by atoms with van der Waals surface area (Å²) in [5, 5.41) is 10.8. The average molecular weight is 366 g/mol. The van der Waals surface area contributed by atoms with E-state index in [2.05, 4.69) is 0 Å². The van der Waals surface area contributed by atoms with Crippen LogP contribution in [0.1, 0.15) is 63.9 Å². The van der Waals surface area contributed by atoms with Crippen LogP contribution in [-0.2, 0) is 6.42 Å². The van der Waals surface area contributed by atoms with Crippen LogP contribution >= 0.6 is 34.8 Å². The van der Waals surface area contributed by atoms with Crippen molar-refractivity contribution in [2.45, 2.75) is 75.1 Å². The van der Waals surface area contributed by atoms with E-state index in [0.29, 0.717) is 0 Å². The van der Waals surface area contributed by atoms with E-state index in [1.165, 1.54) is 18.4 Å². The quantitative estimate of drug-likeness (QED) is 0.348. The molecule has 1 atom stereocenters. The number of hydrogen-bond acceptors (Lipinski definition) is 1. The number of alkyl halides is 2. The summed E-state index contributed by atoms with van der Waals surface area (Å²) in [6.07, 6.45) is 8.92. The second kappa shape index (κ2) is 10.8. The maximum absolute atomic E-state index is 10.0. The Labute approximate surface area is 150 Å². The van der Waals surface area contributed by atoms with Crippen molar-refractivity contribution in [3.05, 3.63) is 34.9 Å². The number of aryl methyl sites for hydroxylation is 1. The van der Waals surface area contributed by atoms with Gasteiger partial charge in [-0.3, -0.25) is 0 Å². The van der Waals surface area contributed by atoms with E-state index in [-0.39, 0.29) is 6.10 Å². The van der Waals surface area contributed by atoms with Crippen LogP contribution in [0, 0.1) is 0 Å². The van der Waals surface area contributed by atoms with Gasteiger partial charge in [-0.25, -0.2) is 0 Å². The molecule has 1 aromatic rings. The molecule has 1 N–H and O–H groups in total. The second-order valence-corrected chi connectivity index (χ2v) is 8.49. The topological polar surface area (TPSA) is 20.2 Å². The predicted octanol–water partition coefficient (Wildman–Crippen LogP) is 6.56. The van der Waals surface area contributed by atoms with E-state index in [1.807, 2.05) is 31.2 Å². The molecule has 0 heterocycles. The molecular formula is C18H27Cl3O. The van der Waals surface area contributed by atoms with Gasteiger partial charge in [0.2, 0.25) is 0 Å². The highest BCUT2D eigenvalue weighted by Crippen LogP contribution is 2.26. The van der Waals surface area contributed by atoms with Gasteiger partial charge in [0, 0.05) is 5.02 Å². The van der Waals surface area contributed by atoms with Gasteiger partial charge in [-0.15, -0.1) is 23.2 Å². The standard InChI is InChI=1S/C18H27Cl3O/c1-18(20,21)14-6-4-2-3-5-7-17(22)13-10-15-8-11-16(19)12-9-15/h8-9,11-12,17,22H,2-7,10,13-14H2,1H3. The summed E-state index contributed by atoms with van der Waals surface area (Å²) in [6.45, 7) is 1.84. The minimum atomic E-state index is -0.585. The first-order chi connectivity index (χ1) is 10.4. The van der Waals surface area contributed by atoms with Crippen LogP contribution in [0.5, 0.6) is 0 Å². The molecule has 1 nitrogen and oxygen atoms in total. The van der Waals surface area contributed by atoms with E-state index in [9.17, 15) is 5.11 Å². The van der Waals surface area contributed by atoms with E-state index in [0.717, 1.165) is 50.0 Å². The highest BCUT2D eigenvalue weighted by Gasteiger charge is 2.14. The van der Waals surface area contributed by atoms with Crippen LogP contribution in [0.25, 0.3) is 0 Å². The lowest BCUT2D eigenvalue weighted by molar-refractivity contribution is 0.151. The van der Waals surface area contributed by atoms with Crippen molar-refractivity contribution in [3.63, 3.8) is 0 Å². The number of halogens is 3. The van der Waals surface area contributed by atoms with Gasteiger partial charge in [0.05, 0.1) is 6.10 Å². The van der Waals surface area contributed by atoms with Crippen molar-refractivity contribution in [1.82, 2.24) is 0 Å². The van der Waals surface area contributed by atoms with Gasteiger partial charge >= 0.3 is 0 Å². The summed E-state index contributed by atoms with van der Waals surface area (Å²) in [7, 11) is 0. The molecule has 0 spiro atoms. The lowest BCUT2D eigenvalue weighted by Gasteiger charge is -2.12. The Hall–Kier alpha value is 0.0500. The Balaban J connectivity index is 1.99. The number of benzene rings is 1. The van der Waals surface area contributed by atoms with Crippen molar-refractivity contribution in [3.8, 4) is 0 Å². The zero-order valence-corrected chi connectivity index (χ0v) is 15.6. The van der Waals surface area contributed by atoms with Gasteiger partial charge in [-0.1, -0.05) is 55.8 Å². The van der Waals surface area contributed by atoms with E-state index >= 15 is 0 Å². The largest absolute Gasteiger partial charge is 0.393 e. The fraction of sp³-hybridized carbons (Fsp3) is 0.667. The van der Waals surface area contributed by atoms with E-state index in [1.54, 1.807) is 0 Å². The highest BCUT2D eigenvalue weighted by molar-refractivity contribution is 6.48. The fourth-order valence-corrected chi connectivity index (χ4v) is 2.87. The minimum Gasteiger partial charge on any atom is -0.393 e. The monoisotopic (exact) mass is 364 g/mol. The molecule has 1 rings (SSSR count). The number of hydrogen-bond donors (Lipinski definition) is 1. The van der Waals surface area contributed by atoms with E-state index in [4.69, 9.17) is 34.8 Å². The number of aliphatic hydroxyl groups is 1. The Bertz CT molecular complexity index is 398. The third kappa shape index (κ3) is 10.7. The van der Waals surface area contributed by atoms with Gasteiger partial charge in [0.15, 0.2) is 0 Å². The smallest absolute Gasteiger partial charge is 0.115 e. The molecule has 0 aromatic heterocycles. The Kier molecular flexibility index (Phi) is 9.82. The molecule has 1 unspecified atom stereocenters. The normalized spacial score (nSPS) is 13.3. The summed E-state index contributed by atoms with van der Waals surface area (Å²) in [4.78, 5) is 0. The minimum absolute atomic E-state index is 0.204. The van der Waals surface area contributed by atoms with Crippen LogP contribution in [0.2, 0.25) is 5.02 Å². The molecule has 0 amide bonds. The van der Waals surface area contributed by atoms with Crippen LogP contribution in [0.3, 0.4) is 0 Å². The van der Waals surface area contributed by atoms with Crippen LogP contribution in [0.4, 0.5) is 0 Å². The first-order valence-corrected chi connectivity index (χ1v) is 9.30. The molecule has 0 bridgehead atoms. The van der Waals surface area contributed by atoms with Crippen molar-refractivity contribution >= 4 is 34.8 Å². The molecule has 0 radical (unpaired) electrons. The molecular weight excluding hydrogens is 339 g/mol. The lowest BCUT2D eigenvalue weighted by atomic mass is 10.0. The third-order valence-corrected chi connectivity index (χ3v) is 4.46. The van der Waals surface area contributed by atoms with Gasteiger partial charge in [-0.2, -0.15) is 0 Å². The zero-order valence-electron chi connectivity index (χ0n) is 13.3. The molecule has 4 heteroatoms. The Morgan fingerprint density at radius 1 is 0.955 bits per heavy atom. The SMILES string of the molecule is CC(Cl)(Cl)CCCCCCCC(O)CCc1ccc(Cl)cc1.